The minimum atomic E-state index is 0.776. The molecule has 3 nitrogen and oxygen atoms in total. The van der Waals surface area contributed by atoms with Crippen LogP contribution in [-0.2, 0) is 13.1 Å². The van der Waals surface area contributed by atoms with E-state index in [0.29, 0.717) is 0 Å². The van der Waals surface area contributed by atoms with Gasteiger partial charge in [-0.3, -0.25) is 0 Å². The van der Waals surface area contributed by atoms with Gasteiger partial charge >= 0.3 is 0 Å². The standard InChI is InChI=1S/C17H24N2O/c1-3-10-19-11-9-15(14-19)13-18-16-5-7-17(8-6-16)20-12-4-2/h5-9,11,14,18H,3-4,10,12-13H2,1-2H3. The molecule has 0 aliphatic heterocycles. The van der Waals surface area contributed by atoms with Gasteiger partial charge in [-0.15, -0.1) is 0 Å². The lowest BCUT2D eigenvalue weighted by atomic mass is 10.3. The third kappa shape index (κ3) is 4.34. The van der Waals surface area contributed by atoms with Crippen molar-refractivity contribution in [2.24, 2.45) is 0 Å². The van der Waals surface area contributed by atoms with Gasteiger partial charge in [0.25, 0.3) is 0 Å². The lowest BCUT2D eigenvalue weighted by Crippen LogP contribution is -1.99. The number of aromatic nitrogens is 1. The van der Waals surface area contributed by atoms with Crippen molar-refractivity contribution in [3.63, 3.8) is 0 Å². The maximum atomic E-state index is 5.57. The number of nitrogens with one attached hydrogen (secondary N) is 1. The molecule has 3 heteroatoms. The van der Waals surface area contributed by atoms with Crippen molar-refractivity contribution in [3.05, 3.63) is 48.3 Å². The first kappa shape index (κ1) is 14.5. The highest BCUT2D eigenvalue weighted by Gasteiger charge is 1.98. The van der Waals surface area contributed by atoms with E-state index in [1.807, 2.05) is 12.1 Å². The molecule has 1 N–H and O–H groups in total. The van der Waals surface area contributed by atoms with Crippen LogP contribution in [0.15, 0.2) is 42.7 Å². The van der Waals surface area contributed by atoms with Crippen molar-refractivity contribution in [2.75, 3.05) is 11.9 Å². The molecule has 0 saturated heterocycles. The molecule has 20 heavy (non-hydrogen) atoms. The minimum absolute atomic E-state index is 0.776. The van der Waals surface area contributed by atoms with Gasteiger partial charge in [0, 0.05) is 31.2 Å². The first-order valence-electron chi connectivity index (χ1n) is 7.43. The highest BCUT2D eigenvalue weighted by molar-refractivity contribution is 5.46. The van der Waals surface area contributed by atoms with E-state index < -0.39 is 0 Å². The van der Waals surface area contributed by atoms with Crippen LogP contribution in [0.4, 0.5) is 5.69 Å². The summed E-state index contributed by atoms with van der Waals surface area (Å²) in [7, 11) is 0. The lowest BCUT2D eigenvalue weighted by molar-refractivity contribution is 0.317. The van der Waals surface area contributed by atoms with Crippen molar-refractivity contribution in [3.8, 4) is 5.75 Å². The fraction of sp³-hybridized carbons (Fsp3) is 0.412. The Hall–Kier alpha value is -1.90. The van der Waals surface area contributed by atoms with Gasteiger partial charge in [0.2, 0.25) is 0 Å². The highest BCUT2D eigenvalue weighted by atomic mass is 16.5. The smallest absolute Gasteiger partial charge is 0.119 e. The highest BCUT2D eigenvalue weighted by Crippen LogP contribution is 2.16. The Kier molecular flexibility index (Phi) is 5.54. The second-order valence-electron chi connectivity index (χ2n) is 4.98. The molecule has 0 bridgehead atoms. The summed E-state index contributed by atoms with van der Waals surface area (Å²) in [5.41, 5.74) is 2.43. The Morgan fingerprint density at radius 2 is 1.85 bits per heavy atom. The van der Waals surface area contributed by atoms with Gasteiger partial charge in [0.1, 0.15) is 5.75 Å². The molecule has 0 saturated carbocycles. The first-order valence-corrected chi connectivity index (χ1v) is 7.43. The van der Waals surface area contributed by atoms with Gasteiger partial charge in [-0.05, 0) is 48.7 Å². The normalized spacial score (nSPS) is 10.5. The van der Waals surface area contributed by atoms with Crippen molar-refractivity contribution >= 4 is 5.69 Å². The van der Waals surface area contributed by atoms with E-state index in [2.05, 4.69) is 54.3 Å². The molecule has 1 aromatic heterocycles. The van der Waals surface area contributed by atoms with Gasteiger partial charge in [-0.1, -0.05) is 13.8 Å². The summed E-state index contributed by atoms with van der Waals surface area (Å²) in [4.78, 5) is 0. The molecule has 0 atom stereocenters. The topological polar surface area (TPSA) is 26.2 Å². The molecule has 0 radical (unpaired) electrons. The molecule has 1 heterocycles. The van der Waals surface area contributed by atoms with E-state index in [-0.39, 0.29) is 0 Å². The maximum Gasteiger partial charge on any atom is 0.119 e. The fourth-order valence-electron chi connectivity index (χ4n) is 2.09. The molecule has 0 aliphatic rings. The van der Waals surface area contributed by atoms with Crippen LogP contribution >= 0.6 is 0 Å². The van der Waals surface area contributed by atoms with Crippen LogP contribution in [0, 0.1) is 0 Å². The van der Waals surface area contributed by atoms with E-state index in [0.717, 1.165) is 37.6 Å². The summed E-state index contributed by atoms with van der Waals surface area (Å²) in [6.45, 7) is 7.02. The van der Waals surface area contributed by atoms with Crippen molar-refractivity contribution < 1.29 is 4.74 Å². The van der Waals surface area contributed by atoms with E-state index in [1.54, 1.807) is 0 Å². The van der Waals surface area contributed by atoms with E-state index in [9.17, 15) is 0 Å². The van der Waals surface area contributed by atoms with Crippen LogP contribution < -0.4 is 10.1 Å². The molecule has 2 aromatic rings. The lowest BCUT2D eigenvalue weighted by Gasteiger charge is -2.08. The summed E-state index contributed by atoms with van der Waals surface area (Å²) in [6.07, 6.45) is 6.55. The Labute approximate surface area is 121 Å². The first-order chi connectivity index (χ1) is 9.81. The van der Waals surface area contributed by atoms with Crippen LogP contribution in [0.3, 0.4) is 0 Å². The molecule has 1 aromatic carbocycles. The van der Waals surface area contributed by atoms with E-state index in [4.69, 9.17) is 4.74 Å². The van der Waals surface area contributed by atoms with E-state index >= 15 is 0 Å². The van der Waals surface area contributed by atoms with Crippen LogP contribution in [0.2, 0.25) is 0 Å². The Bertz CT molecular complexity index is 502. The Balaban J connectivity index is 1.83. The number of benzene rings is 1. The predicted molar refractivity (Wildman–Crippen MR) is 84.3 cm³/mol. The zero-order valence-electron chi connectivity index (χ0n) is 12.4. The SMILES string of the molecule is CCCOc1ccc(NCc2ccn(CCC)c2)cc1. The van der Waals surface area contributed by atoms with E-state index in [1.165, 1.54) is 12.0 Å². The monoisotopic (exact) mass is 272 g/mol. The second kappa shape index (κ2) is 7.63. The molecule has 2 rings (SSSR count). The van der Waals surface area contributed by atoms with Crippen LogP contribution in [0.1, 0.15) is 32.3 Å². The van der Waals surface area contributed by atoms with Crippen LogP contribution in [-0.4, -0.2) is 11.2 Å². The van der Waals surface area contributed by atoms with Gasteiger partial charge < -0.3 is 14.6 Å². The van der Waals surface area contributed by atoms with Crippen molar-refractivity contribution in [1.29, 1.82) is 0 Å². The maximum absolute atomic E-state index is 5.57. The summed E-state index contributed by atoms with van der Waals surface area (Å²) in [5.74, 6) is 0.937. The molecule has 0 aliphatic carbocycles. The fourth-order valence-corrected chi connectivity index (χ4v) is 2.09. The molecule has 0 fully saturated rings. The summed E-state index contributed by atoms with van der Waals surface area (Å²) >= 11 is 0. The van der Waals surface area contributed by atoms with Crippen LogP contribution in [0.5, 0.6) is 5.75 Å². The zero-order chi connectivity index (χ0) is 14.2. The number of aryl methyl sites for hydroxylation is 1. The van der Waals surface area contributed by atoms with Gasteiger partial charge in [0.15, 0.2) is 0 Å². The van der Waals surface area contributed by atoms with Gasteiger partial charge in [-0.25, -0.2) is 0 Å². The van der Waals surface area contributed by atoms with Gasteiger partial charge in [0.05, 0.1) is 6.61 Å². The van der Waals surface area contributed by atoms with Gasteiger partial charge in [-0.2, -0.15) is 0 Å². The zero-order valence-corrected chi connectivity index (χ0v) is 12.4. The minimum Gasteiger partial charge on any atom is -0.494 e. The molecule has 0 amide bonds. The second-order valence-corrected chi connectivity index (χ2v) is 4.98. The summed E-state index contributed by atoms with van der Waals surface area (Å²) < 4.78 is 7.81. The summed E-state index contributed by atoms with van der Waals surface area (Å²) in [6, 6.07) is 10.3. The number of anilines is 1. The molecule has 0 unspecified atom stereocenters. The number of hydrogen-bond acceptors (Lipinski definition) is 2. The average molecular weight is 272 g/mol. The average Bonchev–Trinajstić information content (AvgIpc) is 2.92. The molecule has 0 spiro atoms. The number of ether oxygens (including phenoxy) is 1. The molecular weight excluding hydrogens is 248 g/mol. The molecular formula is C17H24N2O. The number of nitrogens with zero attached hydrogens (tertiary/aromatic N) is 1. The third-order valence-electron chi connectivity index (χ3n) is 3.12. The predicted octanol–water partition coefficient (Wildman–Crippen LogP) is 4.30. The Morgan fingerprint density at radius 1 is 1.05 bits per heavy atom. The number of rotatable bonds is 8. The largest absolute Gasteiger partial charge is 0.494 e. The summed E-state index contributed by atoms with van der Waals surface area (Å²) in [5, 5.41) is 3.43. The number of hydrogen-bond donors (Lipinski definition) is 1. The van der Waals surface area contributed by atoms with Crippen LogP contribution in [0.25, 0.3) is 0 Å². The quantitative estimate of drug-likeness (QED) is 0.775. The van der Waals surface area contributed by atoms with Crippen molar-refractivity contribution in [2.45, 2.75) is 39.8 Å². The molecule has 108 valence electrons. The van der Waals surface area contributed by atoms with Crippen molar-refractivity contribution in [1.82, 2.24) is 4.57 Å². The third-order valence-corrected chi connectivity index (χ3v) is 3.12. The Morgan fingerprint density at radius 3 is 2.55 bits per heavy atom.